The summed E-state index contributed by atoms with van der Waals surface area (Å²) in [5.74, 6) is 0. The van der Waals surface area contributed by atoms with Crippen LogP contribution >= 0.6 is 0 Å². The van der Waals surface area contributed by atoms with Gasteiger partial charge < -0.3 is 20.5 Å². The predicted molar refractivity (Wildman–Crippen MR) is 12.2 cm³/mol. The van der Waals surface area contributed by atoms with Gasteiger partial charge in [-0.15, -0.1) is 0 Å². The van der Waals surface area contributed by atoms with E-state index in [1.54, 1.807) is 0 Å². The van der Waals surface area contributed by atoms with Crippen molar-refractivity contribution in [3.05, 3.63) is 0 Å². The average molecular weight is 254 g/mol. The van der Waals surface area contributed by atoms with Crippen molar-refractivity contribution in [1.29, 1.82) is 0 Å². The van der Waals surface area contributed by atoms with Gasteiger partial charge in [-0.05, 0) is 0 Å². The number of rotatable bonds is 0. The molecule has 0 aromatic carbocycles. The summed E-state index contributed by atoms with van der Waals surface area (Å²) < 4.78 is 0. The number of hydrogen-bond acceptors (Lipinski definition) is 3. The molecule has 0 amide bonds. The van der Waals surface area contributed by atoms with Crippen LogP contribution in [-0.2, 0) is 5.48 Å². The van der Waals surface area contributed by atoms with E-state index in [9.17, 15) is 0 Å². The molecule has 0 rings (SSSR count). The molecule has 0 fully saturated rings. The third-order valence-corrected chi connectivity index (χ3v) is 0. The fraction of sp³-hybridized carbons (Fsp3) is 0. The normalized spacial score (nSPS) is 3.86. The Bertz CT molecular complexity index is 16.4. The summed E-state index contributed by atoms with van der Waals surface area (Å²) in [5.41, 5.74) is 0. The van der Waals surface area contributed by atoms with Crippen LogP contribution < -0.4 is 15.1 Å². The first-order valence-corrected chi connectivity index (χ1v) is 0.707. The van der Waals surface area contributed by atoms with Crippen LogP contribution in [0.1, 0.15) is 0 Å². The maximum absolute atomic E-state index is 8.42. The molecule has 7 heteroatoms. The van der Waals surface area contributed by atoms with Gasteiger partial charge in [0.2, 0.25) is 0 Å². The molecule has 0 saturated heterocycles. The minimum absolute atomic E-state index is 0. The molecular formula is BCaLaO4. The Morgan fingerprint density at radius 2 is 1.00 bits per heavy atom. The maximum Gasteiger partial charge on any atom is 3.00 e. The Balaban J connectivity index is -0.0000000150. The molecule has 0 spiro atoms. The average Bonchev–Trinajstić information content (AvgIpc) is 0.811. The first-order chi connectivity index (χ1) is 1.73. The predicted octanol–water partition coefficient (Wildman–Crippen LogP) is -4.45. The molecule has 0 saturated carbocycles. The van der Waals surface area contributed by atoms with E-state index in [4.69, 9.17) is 15.1 Å². The van der Waals surface area contributed by atoms with Crippen molar-refractivity contribution >= 4 is 45.1 Å². The van der Waals surface area contributed by atoms with E-state index in [-0.39, 0.29) is 78.8 Å². The number of hydrogen-bond donors (Lipinski definition) is 0. The van der Waals surface area contributed by atoms with Gasteiger partial charge in [0, 0.05) is 0 Å². The van der Waals surface area contributed by atoms with E-state index < -0.39 is 7.32 Å². The first kappa shape index (κ1) is 22.8. The van der Waals surface area contributed by atoms with Crippen LogP contribution in [0.15, 0.2) is 0 Å². The van der Waals surface area contributed by atoms with E-state index in [0.29, 0.717) is 0 Å². The molecule has 4 nitrogen and oxygen atoms in total. The van der Waals surface area contributed by atoms with Crippen molar-refractivity contribution in [2.24, 2.45) is 0 Å². The summed E-state index contributed by atoms with van der Waals surface area (Å²) in [6.45, 7) is 0. The SMILES string of the molecule is [Ca+2].[La+3].[O-2].[O-]B([O-])[O-]. The summed E-state index contributed by atoms with van der Waals surface area (Å²) in [6.07, 6.45) is 0. The summed E-state index contributed by atoms with van der Waals surface area (Å²) in [5, 5.41) is 25.2. The van der Waals surface area contributed by atoms with Crippen LogP contribution in [0.2, 0.25) is 0 Å². The van der Waals surface area contributed by atoms with Crippen molar-refractivity contribution in [2.45, 2.75) is 0 Å². The molecule has 0 aliphatic rings. The van der Waals surface area contributed by atoms with Crippen LogP contribution in [0.5, 0.6) is 0 Å². The second-order valence-corrected chi connectivity index (χ2v) is 0.289. The molecule has 0 aliphatic carbocycles. The van der Waals surface area contributed by atoms with Gasteiger partial charge >= 0.3 is 73.3 Å². The fourth-order valence-electron chi connectivity index (χ4n) is 0. The van der Waals surface area contributed by atoms with Crippen molar-refractivity contribution in [3.8, 4) is 0 Å². The van der Waals surface area contributed by atoms with Crippen LogP contribution in [0.25, 0.3) is 0 Å². The standard InChI is InChI=1S/BO3.Ca.La.O/c2-1(3)4;;;/q-3;+2;+3;-2. The summed E-state index contributed by atoms with van der Waals surface area (Å²) in [6, 6.07) is 0. The van der Waals surface area contributed by atoms with Gasteiger partial charge in [-0.2, -0.15) is 0 Å². The van der Waals surface area contributed by atoms with Crippen molar-refractivity contribution in [1.82, 2.24) is 0 Å². The van der Waals surface area contributed by atoms with Crippen molar-refractivity contribution in [3.63, 3.8) is 0 Å². The second-order valence-electron chi connectivity index (χ2n) is 0.289. The molecule has 0 unspecified atom stereocenters. The third-order valence-electron chi connectivity index (χ3n) is 0. The molecule has 32 valence electrons. The molecule has 7 heavy (non-hydrogen) atoms. The first-order valence-electron chi connectivity index (χ1n) is 0.707. The Hall–Kier alpha value is 2.36. The maximum atomic E-state index is 8.42. The molecule has 0 radical (unpaired) electrons. The van der Waals surface area contributed by atoms with Gasteiger partial charge in [-0.25, -0.2) is 0 Å². The zero-order valence-corrected chi connectivity index (χ0v) is 9.33. The summed E-state index contributed by atoms with van der Waals surface area (Å²) in [4.78, 5) is 0. The fourth-order valence-corrected chi connectivity index (χ4v) is 0. The van der Waals surface area contributed by atoms with E-state index in [2.05, 4.69) is 0 Å². The summed E-state index contributed by atoms with van der Waals surface area (Å²) >= 11 is 0. The minimum atomic E-state index is -2.92. The molecule has 0 aliphatic heterocycles. The zero-order valence-electron chi connectivity index (χ0n) is 3.49. The molecule has 0 bridgehead atoms. The van der Waals surface area contributed by atoms with Crippen molar-refractivity contribution in [2.75, 3.05) is 0 Å². The molecule has 0 heterocycles. The van der Waals surface area contributed by atoms with E-state index in [1.165, 1.54) is 0 Å². The van der Waals surface area contributed by atoms with E-state index in [0.717, 1.165) is 0 Å². The van der Waals surface area contributed by atoms with Crippen LogP contribution in [-0.4, -0.2) is 45.1 Å². The molecular weight excluding hydrogens is 254 g/mol. The van der Waals surface area contributed by atoms with Gasteiger partial charge in [-0.3, -0.25) is 7.32 Å². The largest absolute Gasteiger partial charge is 3.00 e. The monoisotopic (exact) mass is 254 g/mol. The third kappa shape index (κ3) is 60.7. The van der Waals surface area contributed by atoms with E-state index >= 15 is 0 Å². The van der Waals surface area contributed by atoms with Gasteiger partial charge in [0.25, 0.3) is 0 Å². The molecule has 0 aromatic heterocycles. The Kier molecular flexibility index (Phi) is 51.3. The molecule has 0 atom stereocenters. The van der Waals surface area contributed by atoms with Crippen molar-refractivity contribution < 1.29 is 56.1 Å². The summed E-state index contributed by atoms with van der Waals surface area (Å²) in [7, 11) is -2.92. The Morgan fingerprint density at radius 3 is 1.00 bits per heavy atom. The van der Waals surface area contributed by atoms with Gasteiger partial charge in [0.1, 0.15) is 0 Å². The second kappa shape index (κ2) is 15.8. The molecule has 0 N–H and O–H groups in total. The van der Waals surface area contributed by atoms with Gasteiger partial charge in [0.05, 0.1) is 0 Å². The van der Waals surface area contributed by atoms with E-state index in [1.807, 2.05) is 0 Å². The van der Waals surface area contributed by atoms with Gasteiger partial charge in [-0.1, -0.05) is 0 Å². The molecule has 0 aromatic rings. The smallest absolute Gasteiger partial charge is 2.00 e. The van der Waals surface area contributed by atoms with Crippen LogP contribution in [0.4, 0.5) is 0 Å². The topological polar surface area (TPSA) is 97.7 Å². The van der Waals surface area contributed by atoms with Crippen LogP contribution in [0, 0.1) is 35.6 Å². The minimum Gasteiger partial charge on any atom is -2.00 e. The zero-order chi connectivity index (χ0) is 3.58. The Labute approximate surface area is 99.4 Å². The Morgan fingerprint density at radius 1 is 1.00 bits per heavy atom. The van der Waals surface area contributed by atoms with Crippen LogP contribution in [0.3, 0.4) is 0 Å². The quantitative estimate of drug-likeness (QED) is 0.407. The van der Waals surface area contributed by atoms with Gasteiger partial charge in [0.15, 0.2) is 0 Å².